The molecule has 0 bridgehead atoms. The summed E-state index contributed by atoms with van der Waals surface area (Å²) in [5, 5.41) is 9.09. The first-order valence-electron chi connectivity index (χ1n) is 6.72. The highest BCUT2D eigenvalue weighted by molar-refractivity contribution is 7.88. The normalized spacial score (nSPS) is 19.6. The van der Waals surface area contributed by atoms with Gasteiger partial charge in [-0.25, -0.2) is 17.5 Å². The van der Waals surface area contributed by atoms with E-state index in [1.165, 1.54) is 17.5 Å². The summed E-state index contributed by atoms with van der Waals surface area (Å²) in [6.45, 7) is 0.795. The second-order valence-corrected chi connectivity index (χ2v) is 7.11. The Morgan fingerprint density at radius 3 is 2.86 bits per heavy atom. The van der Waals surface area contributed by atoms with Gasteiger partial charge in [0.2, 0.25) is 10.0 Å². The Bertz CT molecular complexity index is 614. The van der Waals surface area contributed by atoms with E-state index in [1.807, 2.05) is 0 Å². The molecule has 6 nitrogen and oxygen atoms in total. The number of sulfonamides is 1. The lowest BCUT2D eigenvalue weighted by Gasteiger charge is -2.16. The van der Waals surface area contributed by atoms with E-state index in [-0.39, 0.29) is 18.3 Å². The number of ether oxygens (including phenoxy) is 1. The van der Waals surface area contributed by atoms with Crippen LogP contribution in [0.4, 0.5) is 0 Å². The monoisotopic (exact) mass is 313 g/mol. The Labute approximate surface area is 124 Å². The number of methoxy groups -OCH3 is 1. The molecule has 0 aliphatic carbocycles. The van der Waals surface area contributed by atoms with Crippen molar-refractivity contribution in [2.45, 2.75) is 12.2 Å². The summed E-state index contributed by atoms with van der Waals surface area (Å²) in [7, 11) is -2.15. The third-order valence-corrected chi connectivity index (χ3v) is 5.41. The first-order chi connectivity index (χ1) is 9.96. The van der Waals surface area contributed by atoms with E-state index >= 15 is 0 Å². The van der Waals surface area contributed by atoms with Gasteiger partial charge in [0, 0.05) is 19.7 Å². The standard InChI is InChI=1S/C14H19NO5S/c1-20-14(17)13-4-2-3-11(7-13)10-21(18,19)15-6-5-12(8-15)9-16/h2-4,7,12,16H,5-6,8-10H2,1H3. The van der Waals surface area contributed by atoms with Gasteiger partial charge in [-0.3, -0.25) is 0 Å². The highest BCUT2D eigenvalue weighted by atomic mass is 32.2. The molecule has 21 heavy (non-hydrogen) atoms. The van der Waals surface area contributed by atoms with E-state index in [9.17, 15) is 13.2 Å². The first kappa shape index (κ1) is 15.9. The van der Waals surface area contributed by atoms with Crippen molar-refractivity contribution in [3.05, 3.63) is 35.4 Å². The van der Waals surface area contributed by atoms with Gasteiger partial charge in [-0.1, -0.05) is 12.1 Å². The molecule has 1 atom stereocenters. The van der Waals surface area contributed by atoms with Crippen LogP contribution in [-0.2, 0) is 20.5 Å². The van der Waals surface area contributed by atoms with Crippen LogP contribution >= 0.6 is 0 Å². The molecule has 7 heteroatoms. The molecule has 1 saturated heterocycles. The molecule has 1 unspecified atom stereocenters. The number of hydrogen-bond donors (Lipinski definition) is 1. The van der Waals surface area contributed by atoms with Crippen LogP contribution in [0, 0.1) is 5.92 Å². The van der Waals surface area contributed by atoms with Crippen LogP contribution in [0.5, 0.6) is 0 Å². The summed E-state index contributed by atoms with van der Waals surface area (Å²) in [6.07, 6.45) is 0.679. The number of rotatable bonds is 5. The highest BCUT2D eigenvalue weighted by Crippen LogP contribution is 2.21. The molecular weight excluding hydrogens is 294 g/mol. The average Bonchev–Trinajstić information content (AvgIpc) is 2.96. The molecule has 1 heterocycles. The molecule has 1 aromatic rings. The molecule has 0 spiro atoms. The maximum atomic E-state index is 12.3. The lowest BCUT2D eigenvalue weighted by atomic mass is 10.1. The molecular formula is C14H19NO5S. The highest BCUT2D eigenvalue weighted by Gasteiger charge is 2.31. The van der Waals surface area contributed by atoms with Crippen LogP contribution in [-0.4, -0.2) is 50.6 Å². The molecule has 2 rings (SSSR count). The summed E-state index contributed by atoms with van der Waals surface area (Å²) in [4.78, 5) is 11.5. The molecule has 1 N–H and O–H groups in total. The van der Waals surface area contributed by atoms with Crippen LogP contribution < -0.4 is 0 Å². The molecule has 1 fully saturated rings. The summed E-state index contributed by atoms with van der Waals surface area (Å²) < 4.78 is 30.7. The van der Waals surface area contributed by atoms with Crippen molar-refractivity contribution in [3.63, 3.8) is 0 Å². The zero-order chi connectivity index (χ0) is 15.5. The van der Waals surface area contributed by atoms with Gasteiger partial charge in [0.15, 0.2) is 0 Å². The third-order valence-electron chi connectivity index (χ3n) is 3.60. The average molecular weight is 313 g/mol. The summed E-state index contributed by atoms with van der Waals surface area (Å²) >= 11 is 0. The second-order valence-electron chi connectivity index (χ2n) is 5.14. The zero-order valence-corrected chi connectivity index (χ0v) is 12.7. The van der Waals surface area contributed by atoms with Crippen LogP contribution in [0.3, 0.4) is 0 Å². The van der Waals surface area contributed by atoms with Gasteiger partial charge < -0.3 is 9.84 Å². The van der Waals surface area contributed by atoms with E-state index in [0.717, 1.165) is 0 Å². The Morgan fingerprint density at radius 1 is 1.48 bits per heavy atom. The van der Waals surface area contributed by atoms with Crippen molar-refractivity contribution in [2.75, 3.05) is 26.8 Å². The van der Waals surface area contributed by atoms with Gasteiger partial charge in [-0.2, -0.15) is 0 Å². The Morgan fingerprint density at radius 2 is 2.24 bits per heavy atom. The lowest BCUT2D eigenvalue weighted by molar-refractivity contribution is 0.0600. The molecule has 1 aliphatic heterocycles. The minimum absolute atomic E-state index is 0.00382. The Kier molecular flexibility index (Phi) is 4.97. The first-order valence-corrected chi connectivity index (χ1v) is 8.33. The quantitative estimate of drug-likeness (QED) is 0.806. The number of hydrogen-bond acceptors (Lipinski definition) is 5. The van der Waals surface area contributed by atoms with E-state index in [4.69, 9.17) is 5.11 Å². The van der Waals surface area contributed by atoms with Gasteiger partial charge in [-0.15, -0.1) is 0 Å². The van der Waals surface area contributed by atoms with Crippen LogP contribution in [0.1, 0.15) is 22.3 Å². The smallest absolute Gasteiger partial charge is 0.337 e. The summed E-state index contributed by atoms with van der Waals surface area (Å²) in [6, 6.07) is 6.42. The SMILES string of the molecule is COC(=O)c1cccc(CS(=O)(=O)N2CCC(CO)C2)c1. The predicted octanol–water partition coefficient (Wildman–Crippen LogP) is 0.617. The van der Waals surface area contributed by atoms with Gasteiger partial charge >= 0.3 is 5.97 Å². The molecule has 0 aromatic heterocycles. The van der Waals surface area contributed by atoms with Crippen molar-refractivity contribution >= 4 is 16.0 Å². The van der Waals surface area contributed by atoms with Gasteiger partial charge in [0.05, 0.1) is 18.4 Å². The molecule has 1 aromatic carbocycles. The molecule has 116 valence electrons. The Balaban J connectivity index is 2.12. The number of aliphatic hydroxyl groups excluding tert-OH is 1. The van der Waals surface area contributed by atoms with Crippen molar-refractivity contribution in [1.29, 1.82) is 0 Å². The maximum absolute atomic E-state index is 12.3. The minimum Gasteiger partial charge on any atom is -0.465 e. The predicted molar refractivity (Wildman–Crippen MR) is 77.2 cm³/mol. The number of benzene rings is 1. The van der Waals surface area contributed by atoms with Gasteiger partial charge in [0.25, 0.3) is 0 Å². The molecule has 1 aliphatic rings. The van der Waals surface area contributed by atoms with Crippen molar-refractivity contribution in [2.24, 2.45) is 5.92 Å². The third kappa shape index (κ3) is 3.81. The topological polar surface area (TPSA) is 83.9 Å². The number of carbonyl (C=O) groups excluding carboxylic acids is 1. The van der Waals surface area contributed by atoms with Crippen LogP contribution in [0.15, 0.2) is 24.3 Å². The van der Waals surface area contributed by atoms with E-state index < -0.39 is 16.0 Å². The van der Waals surface area contributed by atoms with E-state index in [0.29, 0.717) is 30.6 Å². The largest absolute Gasteiger partial charge is 0.465 e. The van der Waals surface area contributed by atoms with E-state index in [2.05, 4.69) is 4.74 Å². The van der Waals surface area contributed by atoms with Crippen LogP contribution in [0.25, 0.3) is 0 Å². The number of carbonyl (C=O) groups is 1. The summed E-state index contributed by atoms with van der Waals surface area (Å²) in [5.41, 5.74) is 0.880. The number of nitrogens with zero attached hydrogens (tertiary/aromatic N) is 1. The number of esters is 1. The van der Waals surface area contributed by atoms with Crippen molar-refractivity contribution < 1.29 is 23.1 Å². The van der Waals surface area contributed by atoms with Gasteiger partial charge in [0.1, 0.15) is 0 Å². The molecule has 0 saturated carbocycles. The van der Waals surface area contributed by atoms with Gasteiger partial charge in [-0.05, 0) is 30.0 Å². The zero-order valence-electron chi connectivity index (χ0n) is 11.9. The fraction of sp³-hybridized carbons (Fsp3) is 0.500. The lowest BCUT2D eigenvalue weighted by Crippen LogP contribution is -2.30. The molecule has 0 amide bonds. The fourth-order valence-electron chi connectivity index (χ4n) is 2.41. The van der Waals surface area contributed by atoms with Crippen LogP contribution in [0.2, 0.25) is 0 Å². The fourth-order valence-corrected chi connectivity index (χ4v) is 4.01. The van der Waals surface area contributed by atoms with E-state index in [1.54, 1.807) is 18.2 Å². The molecule has 0 radical (unpaired) electrons. The van der Waals surface area contributed by atoms with Crippen molar-refractivity contribution in [3.8, 4) is 0 Å². The number of aliphatic hydroxyl groups is 1. The Hall–Kier alpha value is -1.44. The van der Waals surface area contributed by atoms with Crippen molar-refractivity contribution in [1.82, 2.24) is 4.31 Å². The maximum Gasteiger partial charge on any atom is 0.337 e. The second kappa shape index (κ2) is 6.55. The summed E-state index contributed by atoms with van der Waals surface area (Å²) in [5.74, 6) is -0.632. The minimum atomic E-state index is -3.44.